The molecule has 2 N–H and O–H groups in total. The molecule has 0 spiro atoms. The van der Waals surface area contributed by atoms with Crippen LogP contribution in [0.1, 0.15) is 6.92 Å². The quantitative estimate of drug-likeness (QED) is 0.851. The Balaban J connectivity index is 2.36. The van der Waals surface area contributed by atoms with Gasteiger partial charge < -0.3 is 10.3 Å². The van der Waals surface area contributed by atoms with Crippen LogP contribution in [0.4, 0.5) is 5.95 Å². The highest BCUT2D eigenvalue weighted by molar-refractivity contribution is 14.1. The minimum Gasteiger partial charge on any atom is -0.369 e. The maximum atomic E-state index is 5.99. The van der Waals surface area contributed by atoms with Crippen LogP contribution in [0.5, 0.6) is 0 Å². The molecule has 5 heteroatoms. The third-order valence-electron chi connectivity index (χ3n) is 2.69. The second-order valence-electron chi connectivity index (χ2n) is 4.27. The number of aromatic nitrogens is 2. The van der Waals surface area contributed by atoms with Gasteiger partial charge in [0.1, 0.15) is 0 Å². The summed E-state index contributed by atoms with van der Waals surface area (Å²) in [6.45, 7) is 3.18. The molecule has 1 aromatic carbocycles. The summed E-state index contributed by atoms with van der Waals surface area (Å²) in [5.74, 6) is 2.36. The SMILES string of the molecule is CSCC(C)Cn1c(N)nc2cc(I)ccc21. The first-order valence-electron chi connectivity index (χ1n) is 5.52. The Labute approximate surface area is 119 Å². The van der Waals surface area contributed by atoms with Crippen molar-refractivity contribution in [3.05, 3.63) is 21.8 Å². The first-order chi connectivity index (χ1) is 8.11. The largest absolute Gasteiger partial charge is 0.369 e. The highest BCUT2D eigenvalue weighted by Crippen LogP contribution is 2.22. The first kappa shape index (κ1) is 13.0. The lowest BCUT2D eigenvalue weighted by molar-refractivity contribution is 0.546. The zero-order valence-electron chi connectivity index (χ0n) is 9.98. The number of nitrogens with two attached hydrogens (primary N) is 1. The van der Waals surface area contributed by atoms with E-state index in [2.05, 4.69) is 63.5 Å². The van der Waals surface area contributed by atoms with Crippen LogP contribution in [0.15, 0.2) is 18.2 Å². The van der Waals surface area contributed by atoms with Gasteiger partial charge in [0.15, 0.2) is 0 Å². The zero-order valence-corrected chi connectivity index (χ0v) is 13.0. The molecule has 1 atom stereocenters. The van der Waals surface area contributed by atoms with Crippen LogP contribution in [0.2, 0.25) is 0 Å². The molecule has 1 heterocycles. The van der Waals surface area contributed by atoms with Crippen LogP contribution in [0, 0.1) is 9.49 Å². The Kier molecular flexibility index (Phi) is 4.19. The van der Waals surface area contributed by atoms with Crippen molar-refractivity contribution in [2.24, 2.45) is 5.92 Å². The third-order valence-corrected chi connectivity index (χ3v) is 4.26. The van der Waals surface area contributed by atoms with Crippen LogP contribution in [0.3, 0.4) is 0 Å². The van der Waals surface area contributed by atoms with E-state index in [0.717, 1.165) is 23.3 Å². The number of thioether (sulfide) groups is 1. The van der Waals surface area contributed by atoms with E-state index >= 15 is 0 Å². The van der Waals surface area contributed by atoms with Crippen molar-refractivity contribution in [2.45, 2.75) is 13.5 Å². The molecule has 0 fully saturated rings. The Bertz CT molecular complexity index is 524. The Morgan fingerprint density at radius 2 is 2.29 bits per heavy atom. The molecule has 92 valence electrons. The molecule has 3 nitrogen and oxygen atoms in total. The molecule has 0 saturated carbocycles. The fourth-order valence-corrected chi connectivity index (χ4v) is 3.11. The number of rotatable bonds is 4. The van der Waals surface area contributed by atoms with Gasteiger partial charge in [-0.15, -0.1) is 0 Å². The lowest BCUT2D eigenvalue weighted by atomic mass is 10.2. The molecule has 2 rings (SSSR count). The number of nitrogens with zero attached hydrogens (tertiary/aromatic N) is 2. The van der Waals surface area contributed by atoms with E-state index in [9.17, 15) is 0 Å². The number of fused-ring (bicyclic) bond motifs is 1. The molecule has 0 aliphatic rings. The molecule has 2 aromatic rings. The molecule has 0 aliphatic heterocycles. The van der Waals surface area contributed by atoms with E-state index in [-0.39, 0.29) is 0 Å². The molecular formula is C12H16IN3S. The highest BCUT2D eigenvalue weighted by atomic mass is 127. The summed E-state index contributed by atoms with van der Waals surface area (Å²) in [5.41, 5.74) is 8.12. The minimum atomic E-state index is 0.601. The van der Waals surface area contributed by atoms with Crippen LogP contribution < -0.4 is 5.73 Å². The van der Waals surface area contributed by atoms with E-state index in [1.165, 1.54) is 3.57 Å². The second-order valence-corrected chi connectivity index (χ2v) is 6.43. The summed E-state index contributed by atoms with van der Waals surface area (Å²) >= 11 is 4.16. The number of anilines is 1. The topological polar surface area (TPSA) is 43.8 Å². The van der Waals surface area contributed by atoms with Gasteiger partial charge in [0.25, 0.3) is 0 Å². The predicted octanol–water partition coefficient (Wildman–Crippen LogP) is 3.22. The molecule has 0 amide bonds. The number of hydrogen-bond donors (Lipinski definition) is 1. The van der Waals surface area contributed by atoms with Crippen LogP contribution in [-0.4, -0.2) is 21.6 Å². The average molecular weight is 361 g/mol. The van der Waals surface area contributed by atoms with Crippen molar-refractivity contribution in [2.75, 3.05) is 17.7 Å². The van der Waals surface area contributed by atoms with Gasteiger partial charge in [0.2, 0.25) is 5.95 Å². The van der Waals surface area contributed by atoms with Gasteiger partial charge >= 0.3 is 0 Å². The molecule has 0 radical (unpaired) electrons. The van der Waals surface area contributed by atoms with E-state index in [0.29, 0.717) is 11.9 Å². The second kappa shape index (κ2) is 5.48. The van der Waals surface area contributed by atoms with E-state index in [1.807, 2.05) is 11.8 Å². The van der Waals surface area contributed by atoms with Gasteiger partial charge in [-0.05, 0) is 58.7 Å². The summed E-state index contributed by atoms with van der Waals surface area (Å²) in [7, 11) is 0. The monoisotopic (exact) mass is 361 g/mol. The summed E-state index contributed by atoms with van der Waals surface area (Å²) in [5, 5.41) is 0. The lowest BCUT2D eigenvalue weighted by Crippen LogP contribution is -2.12. The maximum absolute atomic E-state index is 5.99. The van der Waals surface area contributed by atoms with E-state index < -0.39 is 0 Å². The van der Waals surface area contributed by atoms with Crippen molar-refractivity contribution in [1.29, 1.82) is 0 Å². The molecule has 0 saturated heterocycles. The zero-order chi connectivity index (χ0) is 12.4. The highest BCUT2D eigenvalue weighted by Gasteiger charge is 2.11. The average Bonchev–Trinajstić information content (AvgIpc) is 2.55. The predicted molar refractivity (Wildman–Crippen MR) is 84.4 cm³/mol. The summed E-state index contributed by atoms with van der Waals surface area (Å²) < 4.78 is 3.31. The Morgan fingerprint density at radius 3 is 3.00 bits per heavy atom. The Morgan fingerprint density at radius 1 is 1.53 bits per heavy atom. The molecular weight excluding hydrogens is 345 g/mol. The smallest absolute Gasteiger partial charge is 0.201 e. The van der Waals surface area contributed by atoms with Gasteiger partial charge in [-0.25, -0.2) is 4.98 Å². The Hall–Kier alpha value is -0.430. The molecule has 17 heavy (non-hydrogen) atoms. The number of imidazole rings is 1. The lowest BCUT2D eigenvalue weighted by Gasteiger charge is -2.12. The summed E-state index contributed by atoms with van der Waals surface area (Å²) in [4.78, 5) is 4.42. The molecule has 0 aliphatic carbocycles. The van der Waals surface area contributed by atoms with Crippen LogP contribution in [-0.2, 0) is 6.54 Å². The van der Waals surface area contributed by atoms with Crippen LogP contribution in [0.25, 0.3) is 11.0 Å². The van der Waals surface area contributed by atoms with Gasteiger partial charge in [-0.2, -0.15) is 11.8 Å². The minimum absolute atomic E-state index is 0.601. The number of hydrogen-bond acceptors (Lipinski definition) is 3. The molecule has 0 bridgehead atoms. The third kappa shape index (κ3) is 2.88. The fourth-order valence-electron chi connectivity index (χ4n) is 1.96. The molecule has 1 unspecified atom stereocenters. The summed E-state index contributed by atoms with van der Waals surface area (Å²) in [6.07, 6.45) is 2.13. The van der Waals surface area contributed by atoms with Gasteiger partial charge in [-0.1, -0.05) is 6.92 Å². The van der Waals surface area contributed by atoms with Gasteiger partial charge in [-0.3, -0.25) is 0 Å². The van der Waals surface area contributed by atoms with Crippen LogP contribution >= 0.6 is 34.4 Å². The first-order valence-corrected chi connectivity index (χ1v) is 7.99. The van der Waals surface area contributed by atoms with Crippen molar-refractivity contribution >= 4 is 51.3 Å². The number of nitrogen functional groups attached to an aromatic ring is 1. The van der Waals surface area contributed by atoms with Gasteiger partial charge in [0, 0.05) is 10.1 Å². The van der Waals surface area contributed by atoms with E-state index in [1.54, 1.807) is 0 Å². The normalized spacial score (nSPS) is 13.1. The van der Waals surface area contributed by atoms with Crippen molar-refractivity contribution in [1.82, 2.24) is 9.55 Å². The van der Waals surface area contributed by atoms with E-state index in [4.69, 9.17) is 5.73 Å². The van der Waals surface area contributed by atoms with Crippen molar-refractivity contribution in [3.8, 4) is 0 Å². The van der Waals surface area contributed by atoms with Crippen molar-refractivity contribution in [3.63, 3.8) is 0 Å². The van der Waals surface area contributed by atoms with Crippen molar-refractivity contribution < 1.29 is 0 Å². The standard InChI is InChI=1S/C12H16IN3S/c1-8(7-17-2)6-16-11-4-3-9(13)5-10(11)15-12(16)14/h3-5,8H,6-7H2,1-2H3,(H2,14,15). The molecule has 1 aromatic heterocycles. The summed E-state index contributed by atoms with van der Waals surface area (Å²) in [6, 6.07) is 6.27. The van der Waals surface area contributed by atoms with Gasteiger partial charge in [0.05, 0.1) is 11.0 Å². The fraction of sp³-hybridized carbons (Fsp3) is 0.417. The number of halogens is 1. The number of benzene rings is 1. The maximum Gasteiger partial charge on any atom is 0.201 e.